The SMILES string of the molecule is COc1ncc(-c2cccc3c2C[C@H](NC(=O)c2ccc(C(=O)N(C)CC(F)(F)F)nc2)CO3)cn1. The zero-order valence-corrected chi connectivity index (χ0v) is 19.4. The number of hydrogen-bond donors (Lipinski definition) is 1. The van der Waals surface area contributed by atoms with Gasteiger partial charge in [-0.2, -0.15) is 13.2 Å². The molecule has 9 nitrogen and oxygen atoms in total. The second-order valence-corrected chi connectivity index (χ2v) is 8.13. The van der Waals surface area contributed by atoms with Gasteiger partial charge < -0.3 is 19.7 Å². The Bertz CT molecular complexity index is 1250. The van der Waals surface area contributed by atoms with Gasteiger partial charge in [-0.15, -0.1) is 0 Å². The Balaban J connectivity index is 1.44. The van der Waals surface area contributed by atoms with Crippen molar-refractivity contribution in [2.45, 2.75) is 18.6 Å². The molecule has 1 aliphatic heterocycles. The van der Waals surface area contributed by atoms with E-state index >= 15 is 0 Å². The van der Waals surface area contributed by atoms with E-state index in [1.165, 1.54) is 19.2 Å². The van der Waals surface area contributed by atoms with E-state index in [0.717, 1.165) is 29.9 Å². The molecule has 188 valence electrons. The van der Waals surface area contributed by atoms with Crippen LogP contribution in [0.1, 0.15) is 26.4 Å². The lowest BCUT2D eigenvalue weighted by Crippen LogP contribution is -2.43. The van der Waals surface area contributed by atoms with Crippen LogP contribution in [0.5, 0.6) is 11.8 Å². The summed E-state index contributed by atoms with van der Waals surface area (Å²) in [6.45, 7) is -1.16. The minimum Gasteiger partial charge on any atom is -0.491 e. The summed E-state index contributed by atoms with van der Waals surface area (Å²) in [6, 6.07) is 8.07. The highest BCUT2D eigenvalue weighted by Crippen LogP contribution is 2.34. The van der Waals surface area contributed by atoms with E-state index in [4.69, 9.17) is 9.47 Å². The van der Waals surface area contributed by atoms with Gasteiger partial charge in [0.1, 0.15) is 24.6 Å². The smallest absolute Gasteiger partial charge is 0.406 e. The van der Waals surface area contributed by atoms with E-state index in [1.807, 2.05) is 18.2 Å². The number of nitrogens with zero attached hydrogens (tertiary/aromatic N) is 4. The van der Waals surface area contributed by atoms with Crippen molar-refractivity contribution < 1.29 is 32.2 Å². The van der Waals surface area contributed by atoms with Crippen LogP contribution >= 0.6 is 0 Å². The molecule has 12 heteroatoms. The van der Waals surface area contributed by atoms with Gasteiger partial charge in [-0.1, -0.05) is 12.1 Å². The predicted octanol–water partition coefficient (Wildman–Crippen LogP) is 2.92. The van der Waals surface area contributed by atoms with Gasteiger partial charge >= 0.3 is 12.2 Å². The number of aromatic nitrogens is 3. The molecule has 0 bridgehead atoms. The highest BCUT2D eigenvalue weighted by Gasteiger charge is 2.32. The Kier molecular flexibility index (Phi) is 7.04. The number of methoxy groups -OCH3 is 1. The Morgan fingerprint density at radius 2 is 1.89 bits per heavy atom. The molecule has 0 radical (unpaired) electrons. The summed E-state index contributed by atoms with van der Waals surface area (Å²) < 4.78 is 48.5. The number of carbonyl (C=O) groups is 2. The van der Waals surface area contributed by atoms with Crippen molar-refractivity contribution >= 4 is 11.8 Å². The van der Waals surface area contributed by atoms with Crippen molar-refractivity contribution in [1.82, 2.24) is 25.2 Å². The summed E-state index contributed by atoms with van der Waals surface area (Å²) in [4.78, 5) is 37.6. The standard InChI is InChI=1S/C24H22F3N5O4/c1-32(13-24(25,26)27)22(34)19-7-6-14(9-28-19)21(33)31-16-8-18-17(4-3-5-20(18)36-12-16)15-10-29-23(35-2)30-11-15/h3-7,9-11,16H,8,12-13H2,1-2H3,(H,31,33)/t16-/m0/s1. The molecule has 2 amide bonds. The molecule has 1 aromatic carbocycles. The Hall–Kier alpha value is -4.22. The van der Waals surface area contributed by atoms with E-state index < -0.39 is 24.5 Å². The fourth-order valence-corrected chi connectivity index (χ4v) is 3.79. The Morgan fingerprint density at radius 3 is 2.53 bits per heavy atom. The van der Waals surface area contributed by atoms with Crippen molar-refractivity contribution in [3.8, 4) is 22.9 Å². The molecular formula is C24H22F3N5O4. The molecule has 1 N–H and O–H groups in total. The van der Waals surface area contributed by atoms with Crippen molar-refractivity contribution in [3.05, 3.63) is 65.7 Å². The number of pyridine rings is 1. The summed E-state index contributed by atoms with van der Waals surface area (Å²) in [6.07, 6.45) is 0.400. The van der Waals surface area contributed by atoms with Gasteiger partial charge in [-0.3, -0.25) is 14.6 Å². The molecule has 3 heterocycles. The fourth-order valence-electron chi connectivity index (χ4n) is 3.79. The summed E-state index contributed by atoms with van der Waals surface area (Å²) >= 11 is 0. The summed E-state index contributed by atoms with van der Waals surface area (Å²) in [7, 11) is 2.51. The van der Waals surface area contributed by atoms with Crippen molar-refractivity contribution in [2.75, 3.05) is 27.3 Å². The Morgan fingerprint density at radius 1 is 1.14 bits per heavy atom. The molecule has 4 rings (SSSR count). The number of halogens is 3. The van der Waals surface area contributed by atoms with Crippen LogP contribution in [0, 0.1) is 0 Å². The average molecular weight is 501 g/mol. The zero-order valence-electron chi connectivity index (χ0n) is 19.4. The number of fused-ring (bicyclic) bond motifs is 1. The first-order chi connectivity index (χ1) is 17.1. The molecule has 0 unspecified atom stereocenters. The summed E-state index contributed by atoms with van der Waals surface area (Å²) in [5.41, 5.74) is 2.48. The van der Waals surface area contributed by atoms with E-state index in [9.17, 15) is 22.8 Å². The maximum absolute atomic E-state index is 12.8. The Labute approximate surface area is 204 Å². The molecule has 1 atom stereocenters. The number of hydrogen-bond acceptors (Lipinski definition) is 7. The maximum atomic E-state index is 12.8. The molecule has 0 saturated heterocycles. The normalized spacial score (nSPS) is 14.9. The first-order valence-corrected chi connectivity index (χ1v) is 10.8. The van der Waals surface area contributed by atoms with E-state index in [1.54, 1.807) is 12.4 Å². The number of amides is 2. The highest BCUT2D eigenvalue weighted by atomic mass is 19.4. The van der Waals surface area contributed by atoms with Crippen LogP contribution in [0.3, 0.4) is 0 Å². The quantitative estimate of drug-likeness (QED) is 0.554. The molecule has 0 saturated carbocycles. The summed E-state index contributed by atoms with van der Waals surface area (Å²) in [5, 5.41) is 2.88. The highest BCUT2D eigenvalue weighted by molar-refractivity contribution is 5.96. The van der Waals surface area contributed by atoms with Crippen molar-refractivity contribution in [3.63, 3.8) is 0 Å². The van der Waals surface area contributed by atoms with Gasteiger partial charge in [0.15, 0.2) is 0 Å². The molecule has 0 fully saturated rings. The maximum Gasteiger partial charge on any atom is 0.406 e. The van der Waals surface area contributed by atoms with E-state index in [-0.39, 0.29) is 29.9 Å². The largest absolute Gasteiger partial charge is 0.491 e. The van der Waals surface area contributed by atoms with Gasteiger partial charge in [0.25, 0.3) is 11.8 Å². The fraction of sp³-hybridized carbons (Fsp3) is 0.292. The van der Waals surface area contributed by atoms with E-state index in [0.29, 0.717) is 17.1 Å². The number of ether oxygens (including phenoxy) is 2. The van der Waals surface area contributed by atoms with E-state index in [2.05, 4.69) is 20.3 Å². The first-order valence-electron chi connectivity index (χ1n) is 10.8. The topological polar surface area (TPSA) is 107 Å². The third-order valence-electron chi connectivity index (χ3n) is 5.49. The molecule has 3 aromatic rings. The average Bonchev–Trinajstić information content (AvgIpc) is 2.87. The van der Waals surface area contributed by atoms with Crippen LogP contribution in [-0.2, 0) is 6.42 Å². The van der Waals surface area contributed by atoms with Crippen LogP contribution in [0.2, 0.25) is 0 Å². The lowest BCUT2D eigenvalue weighted by molar-refractivity contribution is -0.138. The van der Waals surface area contributed by atoms with Gasteiger partial charge in [0.05, 0.1) is 18.7 Å². The van der Waals surface area contributed by atoms with Gasteiger partial charge in [-0.05, 0) is 23.8 Å². The van der Waals surface area contributed by atoms with Crippen molar-refractivity contribution in [2.24, 2.45) is 0 Å². The monoisotopic (exact) mass is 501 g/mol. The molecule has 0 aliphatic carbocycles. The van der Waals surface area contributed by atoms with Crippen LogP contribution in [0.25, 0.3) is 11.1 Å². The zero-order chi connectivity index (χ0) is 25.9. The van der Waals surface area contributed by atoms with Crippen LogP contribution < -0.4 is 14.8 Å². The first kappa shape index (κ1) is 24.9. The molecule has 36 heavy (non-hydrogen) atoms. The van der Waals surface area contributed by atoms with Gasteiger partial charge in [0.2, 0.25) is 0 Å². The lowest BCUT2D eigenvalue weighted by atomic mass is 9.94. The van der Waals surface area contributed by atoms with Crippen LogP contribution in [-0.4, -0.2) is 71.2 Å². The van der Waals surface area contributed by atoms with Gasteiger partial charge in [-0.25, -0.2) is 9.97 Å². The number of nitrogens with one attached hydrogen (secondary N) is 1. The van der Waals surface area contributed by atoms with Crippen molar-refractivity contribution in [1.29, 1.82) is 0 Å². The number of carbonyl (C=O) groups excluding carboxylic acids is 2. The lowest BCUT2D eigenvalue weighted by Gasteiger charge is -2.28. The second kappa shape index (κ2) is 10.2. The summed E-state index contributed by atoms with van der Waals surface area (Å²) in [5.74, 6) is -0.652. The third-order valence-corrected chi connectivity index (χ3v) is 5.49. The molecule has 2 aromatic heterocycles. The van der Waals surface area contributed by atoms with Gasteiger partial charge in [0, 0.05) is 43.2 Å². The minimum absolute atomic E-state index is 0.160. The molecule has 1 aliphatic rings. The second-order valence-electron chi connectivity index (χ2n) is 8.13. The number of alkyl halides is 3. The predicted molar refractivity (Wildman–Crippen MR) is 122 cm³/mol. The number of rotatable bonds is 6. The minimum atomic E-state index is -4.52. The number of benzene rings is 1. The molecular weight excluding hydrogens is 479 g/mol. The van der Waals surface area contributed by atoms with Crippen LogP contribution in [0.4, 0.5) is 13.2 Å². The molecule has 0 spiro atoms. The van der Waals surface area contributed by atoms with Crippen LogP contribution in [0.15, 0.2) is 48.9 Å². The third kappa shape index (κ3) is 5.70.